The molecule has 0 radical (unpaired) electrons. The highest BCUT2D eigenvalue weighted by Crippen LogP contribution is 2.16. The summed E-state index contributed by atoms with van der Waals surface area (Å²) in [7, 11) is -3.66. The van der Waals surface area contributed by atoms with Gasteiger partial charge in [-0.15, -0.1) is 0 Å². The van der Waals surface area contributed by atoms with Crippen molar-refractivity contribution in [3.8, 4) is 0 Å². The molecule has 2 saturated heterocycles. The number of rotatable bonds is 6. The molecule has 2 amide bonds. The molecule has 0 saturated carbocycles. The highest BCUT2D eigenvalue weighted by molar-refractivity contribution is 7.89. The molecule has 0 bridgehead atoms. The third-order valence-corrected chi connectivity index (χ3v) is 7.25. The summed E-state index contributed by atoms with van der Waals surface area (Å²) in [4.78, 5) is 29.0. The van der Waals surface area contributed by atoms with E-state index in [9.17, 15) is 18.0 Å². The molecule has 9 heteroatoms. The van der Waals surface area contributed by atoms with Crippen molar-refractivity contribution in [1.82, 2.24) is 14.5 Å². The van der Waals surface area contributed by atoms with Gasteiger partial charge in [-0.2, -0.15) is 0 Å². The minimum Gasteiger partial charge on any atom is -0.377 e. The maximum atomic E-state index is 12.8. The van der Waals surface area contributed by atoms with Crippen LogP contribution in [0.4, 0.5) is 0 Å². The summed E-state index contributed by atoms with van der Waals surface area (Å²) in [5.74, 6) is -0.212. The van der Waals surface area contributed by atoms with Crippen LogP contribution in [-0.4, -0.2) is 75.5 Å². The molecule has 1 atom stereocenters. The maximum absolute atomic E-state index is 12.8. The van der Waals surface area contributed by atoms with E-state index in [0.29, 0.717) is 43.9 Å². The predicted molar refractivity (Wildman–Crippen MR) is 119 cm³/mol. The van der Waals surface area contributed by atoms with Crippen LogP contribution in [0.1, 0.15) is 33.6 Å². The van der Waals surface area contributed by atoms with Gasteiger partial charge in [-0.3, -0.25) is 9.59 Å². The number of benzene rings is 2. The highest BCUT2D eigenvalue weighted by Gasteiger charge is 2.26. The molecule has 0 unspecified atom stereocenters. The number of nitrogens with zero attached hydrogens (tertiary/aromatic N) is 2. The van der Waals surface area contributed by atoms with Gasteiger partial charge in [0, 0.05) is 50.5 Å². The Kier molecular flexibility index (Phi) is 6.88. The van der Waals surface area contributed by atoms with Gasteiger partial charge in [0.05, 0.1) is 11.0 Å². The first kappa shape index (κ1) is 22.4. The van der Waals surface area contributed by atoms with E-state index in [1.54, 1.807) is 21.9 Å². The minimum absolute atomic E-state index is 0.0391. The second-order valence-corrected chi connectivity index (χ2v) is 9.73. The molecule has 4 rings (SSSR count). The van der Waals surface area contributed by atoms with Gasteiger partial charge < -0.3 is 14.5 Å². The van der Waals surface area contributed by atoms with Crippen LogP contribution in [0.2, 0.25) is 0 Å². The molecule has 2 aliphatic rings. The quantitative estimate of drug-likeness (QED) is 0.713. The average molecular weight is 458 g/mol. The first-order chi connectivity index (χ1) is 15.4. The number of nitrogens with one attached hydrogen (secondary N) is 1. The largest absolute Gasteiger partial charge is 0.377 e. The molecule has 2 heterocycles. The van der Waals surface area contributed by atoms with Gasteiger partial charge in [0.25, 0.3) is 11.8 Å². The smallest absolute Gasteiger partial charge is 0.253 e. The molecule has 170 valence electrons. The van der Waals surface area contributed by atoms with Gasteiger partial charge in [0.15, 0.2) is 0 Å². The molecule has 8 nitrogen and oxygen atoms in total. The SMILES string of the molecule is O=C(c1ccccc1)N1CCN(C(=O)c2ccc(S(=O)(=O)NC[C@H]3CCCO3)cc2)CC1. The zero-order valence-corrected chi connectivity index (χ0v) is 18.6. The van der Waals surface area contributed by atoms with Crippen LogP contribution in [0.5, 0.6) is 0 Å². The van der Waals surface area contributed by atoms with Crippen molar-refractivity contribution in [2.75, 3.05) is 39.3 Å². The molecule has 2 aliphatic heterocycles. The predicted octanol–water partition coefficient (Wildman–Crippen LogP) is 1.74. The van der Waals surface area contributed by atoms with Crippen molar-refractivity contribution in [2.45, 2.75) is 23.8 Å². The van der Waals surface area contributed by atoms with Crippen molar-refractivity contribution in [3.05, 3.63) is 65.7 Å². The van der Waals surface area contributed by atoms with Crippen LogP contribution < -0.4 is 4.72 Å². The lowest BCUT2D eigenvalue weighted by atomic mass is 10.1. The fraction of sp³-hybridized carbons (Fsp3) is 0.391. The second kappa shape index (κ2) is 9.81. The monoisotopic (exact) mass is 457 g/mol. The van der Waals surface area contributed by atoms with Gasteiger partial charge in [-0.05, 0) is 49.2 Å². The zero-order valence-electron chi connectivity index (χ0n) is 17.8. The number of amides is 2. The number of ether oxygens (including phenoxy) is 1. The van der Waals surface area contributed by atoms with E-state index in [4.69, 9.17) is 4.74 Å². The summed E-state index contributed by atoms with van der Waals surface area (Å²) in [6, 6.07) is 15.0. The van der Waals surface area contributed by atoms with Crippen LogP contribution in [0, 0.1) is 0 Å². The zero-order chi connectivity index (χ0) is 22.6. The summed E-state index contributed by atoms with van der Waals surface area (Å²) < 4.78 is 33.0. The van der Waals surface area contributed by atoms with Gasteiger partial charge in [-0.25, -0.2) is 13.1 Å². The number of hydrogen-bond donors (Lipinski definition) is 1. The Balaban J connectivity index is 1.32. The Hall–Kier alpha value is -2.75. The van der Waals surface area contributed by atoms with Crippen molar-refractivity contribution in [2.24, 2.45) is 0 Å². The van der Waals surface area contributed by atoms with Crippen LogP contribution in [0.25, 0.3) is 0 Å². The van der Waals surface area contributed by atoms with Crippen molar-refractivity contribution in [1.29, 1.82) is 0 Å². The molecule has 2 aromatic carbocycles. The number of carbonyl (C=O) groups excluding carboxylic acids is 2. The van der Waals surface area contributed by atoms with E-state index >= 15 is 0 Å². The van der Waals surface area contributed by atoms with E-state index in [2.05, 4.69) is 4.72 Å². The number of hydrogen-bond acceptors (Lipinski definition) is 5. The van der Waals surface area contributed by atoms with Crippen molar-refractivity contribution < 1.29 is 22.7 Å². The van der Waals surface area contributed by atoms with E-state index in [-0.39, 0.29) is 29.4 Å². The number of sulfonamides is 1. The Bertz CT molecular complexity index is 1040. The topological polar surface area (TPSA) is 96.0 Å². The van der Waals surface area contributed by atoms with E-state index < -0.39 is 10.0 Å². The third-order valence-electron chi connectivity index (χ3n) is 5.81. The molecule has 2 aromatic rings. The number of carbonyl (C=O) groups is 2. The highest BCUT2D eigenvalue weighted by atomic mass is 32.2. The fourth-order valence-electron chi connectivity index (χ4n) is 3.93. The molecule has 2 fully saturated rings. The lowest BCUT2D eigenvalue weighted by molar-refractivity contribution is 0.0535. The van der Waals surface area contributed by atoms with Crippen LogP contribution >= 0.6 is 0 Å². The average Bonchev–Trinajstić information content (AvgIpc) is 3.37. The van der Waals surface area contributed by atoms with E-state index in [0.717, 1.165) is 12.8 Å². The summed E-state index contributed by atoms with van der Waals surface area (Å²) >= 11 is 0. The molecule has 0 aromatic heterocycles. The molecule has 0 aliphatic carbocycles. The fourth-order valence-corrected chi connectivity index (χ4v) is 4.99. The summed E-state index contributed by atoms with van der Waals surface area (Å²) in [6.07, 6.45) is 1.70. The second-order valence-electron chi connectivity index (χ2n) is 7.96. The van der Waals surface area contributed by atoms with E-state index in [1.165, 1.54) is 24.3 Å². The molecule has 32 heavy (non-hydrogen) atoms. The van der Waals surface area contributed by atoms with Crippen LogP contribution in [0.3, 0.4) is 0 Å². The van der Waals surface area contributed by atoms with Gasteiger partial charge in [0.2, 0.25) is 10.0 Å². The van der Waals surface area contributed by atoms with Gasteiger partial charge >= 0.3 is 0 Å². The number of piperazine rings is 1. The maximum Gasteiger partial charge on any atom is 0.253 e. The summed E-state index contributed by atoms with van der Waals surface area (Å²) in [6.45, 7) is 2.69. The Morgan fingerprint density at radius 1 is 0.875 bits per heavy atom. The Morgan fingerprint density at radius 3 is 1.97 bits per heavy atom. The molecule has 1 N–H and O–H groups in total. The van der Waals surface area contributed by atoms with Gasteiger partial charge in [0.1, 0.15) is 0 Å². The standard InChI is InChI=1S/C23H27N3O5S/c27-22(18-5-2-1-3-6-18)25-12-14-26(15-13-25)23(28)19-8-10-21(11-9-19)32(29,30)24-17-20-7-4-16-31-20/h1-3,5-6,8-11,20,24H,4,7,12-17H2/t20-/m1/s1. The van der Waals surface area contributed by atoms with Crippen molar-refractivity contribution >= 4 is 21.8 Å². The van der Waals surface area contributed by atoms with Crippen molar-refractivity contribution in [3.63, 3.8) is 0 Å². The van der Waals surface area contributed by atoms with Crippen LogP contribution in [-0.2, 0) is 14.8 Å². The minimum atomic E-state index is -3.66. The molecular weight excluding hydrogens is 430 g/mol. The first-order valence-corrected chi connectivity index (χ1v) is 12.3. The molecular formula is C23H27N3O5S. The lowest BCUT2D eigenvalue weighted by Crippen LogP contribution is -2.50. The summed E-state index contributed by atoms with van der Waals surface area (Å²) in [5, 5.41) is 0. The lowest BCUT2D eigenvalue weighted by Gasteiger charge is -2.35. The Labute approximate surface area is 188 Å². The van der Waals surface area contributed by atoms with E-state index in [1.807, 2.05) is 18.2 Å². The van der Waals surface area contributed by atoms with Gasteiger partial charge in [-0.1, -0.05) is 18.2 Å². The normalized spacial score (nSPS) is 19.2. The van der Waals surface area contributed by atoms with Crippen LogP contribution in [0.15, 0.2) is 59.5 Å². The summed E-state index contributed by atoms with van der Waals surface area (Å²) in [5.41, 5.74) is 1.06. The first-order valence-electron chi connectivity index (χ1n) is 10.8. The molecule has 0 spiro atoms. The Morgan fingerprint density at radius 2 is 1.44 bits per heavy atom. The third kappa shape index (κ3) is 5.17.